The number of rotatable bonds is 7. The first-order chi connectivity index (χ1) is 12.6. The van der Waals surface area contributed by atoms with Gasteiger partial charge in [-0.3, -0.25) is 14.2 Å². The van der Waals surface area contributed by atoms with Crippen molar-refractivity contribution in [2.24, 2.45) is 0 Å². The van der Waals surface area contributed by atoms with E-state index in [9.17, 15) is 9.59 Å². The molecule has 0 aliphatic rings. The maximum atomic E-state index is 12.5. The number of benzene rings is 1. The SMILES string of the molecule is Cc1cc(C(=O)COC(=O)CSc2ccccc2)c(C)n1-c1nccs1. The standard InChI is InChI=1S/C19H18N2O3S2/c1-13-10-16(14(2)21(13)19-20-8-9-25-19)17(22)11-24-18(23)12-26-15-6-4-3-5-7-15/h3-10H,11-12H2,1-2H3. The van der Waals surface area contributed by atoms with Crippen LogP contribution in [0.3, 0.4) is 0 Å². The Morgan fingerprint density at radius 3 is 2.69 bits per heavy atom. The Morgan fingerprint density at radius 2 is 2.00 bits per heavy atom. The fourth-order valence-electron chi connectivity index (χ4n) is 2.59. The number of aryl methyl sites for hydroxylation is 1. The van der Waals surface area contributed by atoms with Crippen molar-refractivity contribution >= 4 is 34.9 Å². The maximum absolute atomic E-state index is 12.5. The van der Waals surface area contributed by atoms with Gasteiger partial charge in [-0.05, 0) is 32.0 Å². The first-order valence-electron chi connectivity index (χ1n) is 8.01. The highest BCUT2D eigenvalue weighted by molar-refractivity contribution is 8.00. The minimum absolute atomic E-state index is 0.176. The highest BCUT2D eigenvalue weighted by Crippen LogP contribution is 2.23. The molecule has 0 aliphatic heterocycles. The largest absolute Gasteiger partial charge is 0.457 e. The second kappa shape index (κ2) is 8.33. The van der Waals surface area contributed by atoms with Crippen LogP contribution in [0, 0.1) is 13.8 Å². The van der Waals surface area contributed by atoms with Crippen LogP contribution < -0.4 is 0 Å². The summed E-state index contributed by atoms with van der Waals surface area (Å²) in [4.78, 5) is 29.6. The predicted molar refractivity (Wildman–Crippen MR) is 103 cm³/mol. The molecule has 0 amide bonds. The zero-order valence-electron chi connectivity index (χ0n) is 14.5. The number of hydrogen-bond donors (Lipinski definition) is 0. The number of esters is 1. The van der Waals surface area contributed by atoms with E-state index in [0.717, 1.165) is 21.4 Å². The lowest BCUT2D eigenvalue weighted by Gasteiger charge is -2.06. The molecule has 2 aromatic heterocycles. The van der Waals surface area contributed by atoms with Gasteiger partial charge in [0, 0.05) is 33.4 Å². The van der Waals surface area contributed by atoms with Crippen molar-refractivity contribution in [2.45, 2.75) is 18.7 Å². The quantitative estimate of drug-likeness (QED) is 0.348. The van der Waals surface area contributed by atoms with E-state index in [0.29, 0.717) is 5.56 Å². The van der Waals surface area contributed by atoms with Crippen LogP contribution in [0.2, 0.25) is 0 Å². The Hall–Kier alpha value is -2.38. The number of aromatic nitrogens is 2. The zero-order chi connectivity index (χ0) is 18.5. The molecule has 0 spiro atoms. The molecule has 0 unspecified atom stereocenters. The predicted octanol–water partition coefficient (Wildman–Crippen LogP) is 4.07. The number of ether oxygens (including phenoxy) is 1. The molecule has 3 aromatic rings. The van der Waals surface area contributed by atoms with Crippen molar-refractivity contribution in [3.8, 4) is 5.13 Å². The van der Waals surface area contributed by atoms with E-state index in [1.165, 1.54) is 23.1 Å². The van der Waals surface area contributed by atoms with Crippen molar-refractivity contribution in [1.82, 2.24) is 9.55 Å². The Labute approximate surface area is 160 Å². The van der Waals surface area contributed by atoms with Gasteiger partial charge in [0.2, 0.25) is 5.78 Å². The Morgan fingerprint density at radius 1 is 1.23 bits per heavy atom. The lowest BCUT2D eigenvalue weighted by Crippen LogP contribution is -2.16. The van der Waals surface area contributed by atoms with Gasteiger partial charge in [-0.15, -0.1) is 23.1 Å². The third-order valence-electron chi connectivity index (χ3n) is 3.81. The van der Waals surface area contributed by atoms with Gasteiger partial charge < -0.3 is 4.74 Å². The fraction of sp³-hybridized carbons (Fsp3) is 0.211. The zero-order valence-corrected chi connectivity index (χ0v) is 16.1. The van der Waals surface area contributed by atoms with Crippen molar-refractivity contribution < 1.29 is 14.3 Å². The molecule has 0 fully saturated rings. The highest BCUT2D eigenvalue weighted by atomic mass is 32.2. The van der Waals surface area contributed by atoms with Gasteiger partial charge in [0.1, 0.15) is 0 Å². The molecular formula is C19H18N2O3S2. The summed E-state index contributed by atoms with van der Waals surface area (Å²) in [6.07, 6.45) is 1.73. The lowest BCUT2D eigenvalue weighted by molar-refractivity contribution is -0.139. The van der Waals surface area contributed by atoms with E-state index in [4.69, 9.17) is 4.74 Å². The van der Waals surface area contributed by atoms with Crippen molar-refractivity contribution in [1.29, 1.82) is 0 Å². The van der Waals surface area contributed by atoms with Gasteiger partial charge in [0.05, 0.1) is 5.75 Å². The number of carbonyl (C=O) groups is 2. The molecule has 134 valence electrons. The van der Waals surface area contributed by atoms with Crippen LogP contribution in [-0.2, 0) is 9.53 Å². The number of thiazole rings is 1. The number of Topliss-reactive ketones (excluding diaryl/α,β-unsaturated/α-hetero) is 1. The third kappa shape index (κ3) is 4.23. The lowest BCUT2D eigenvalue weighted by atomic mass is 10.1. The smallest absolute Gasteiger partial charge is 0.316 e. The Balaban J connectivity index is 1.58. The molecule has 0 aliphatic carbocycles. The monoisotopic (exact) mass is 386 g/mol. The summed E-state index contributed by atoms with van der Waals surface area (Å²) in [5.74, 6) is -0.435. The summed E-state index contributed by atoms with van der Waals surface area (Å²) >= 11 is 2.89. The topological polar surface area (TPSA) is 61.2 Å². The summed E-state index contributed by atoms with van der Waals surface area (Å²) in [5, 5.41) is 2.71. The Kier molecular flexibility index (Phi) is 5.90. The molecule has 0 saturated heterocycles. The van der Waals surface area contributed by atoms with Crippen LogP contribution in [0.25, 0.3) is 5.13 Å². The number of hydrogen-bond acceptors (Lipinski definition) is 6. The van der Waals surface area contributed by atoms with E-state index in [2.05, 4.69) is 4.98 Å². The molecule has 3 rings (SSSR count). The second-order valence-corrected chi connectivity index (χ2v) is 7.54. The van der Waals surface area contributed by atoms with E-state index >= 15 is 0 Å². The minimum atomic E-state index is -0.402. The van der Waals surface area contributed by atoms with Gasteiger partial charge in [0.25, 0.3) is 0 Å². The molecule has 0 saturated carbocycles. The number of thioether (sulfide) groups is 1. The summed E-state index contributed by atoms with van der Waals surface area (Å²) in [5.41, 5.74) is 2.28. The van der Waals surface area contributed by atoms with Gasteiger partial charge >= 0.3 is 5.97 Å². The van der Waals surface area contributed by atoms with Gasteiger partial charge in [-0.1, -0.05) is 18.2 Å². The van der Waals surface area contributed by atoms with Crippen molar-refractivity contribution in [2.75, 3.05) is 12.4 Å². The maximum Gasteiger partial charge on any atom is 0.316 e. The van der Waals surface area contributed by atoms with E-state index < -0.39 is 5.97 Å². The number of ketones is 1. The average Bonchev–Trinajstić information content (AvgIpc) is 3.26. The molecule has 0 bridgehead atoms. The normalized spacial score (nSPS) is 10.7. The van der Waals surface area contributed by atoms with Gasteiger partial charge in [-0.25, -0.2) is 4.98 Å². The van der Waals surface area contributed by atoms with Crippen molar-refractivity contribution in [3.05, 3.63) is 64.9 Å². The number of carbonyl (C=O) groups excluding carboxylic acids is 2. The molecule has 0 radical (unpaired) electrons. The molecule has 0 N–H and O–H groups in total. The summed E-state index contributed by atoms with van der Waals surface area (Å²) in [6.45, 7) is 3.54. The van der Waals surface area contributed by atoms with Crippen LogP contribution in [0.5, 0.6) is 0 Å². The summed E-state index contributed by atoms with van der Waals surface area (Å²) in [6, 6.07) is 11.4. The average molecular weight is 386 g/mol. The van der Waals surface area contributed by atoms with Crippen LogP contribution in [0.15, 0.2) is 52.9 Å². The second-order valence-electron chi connectivity index (χ2n) is 5.62. The Bertz CT molecular complexity index is 903. The van der Waals surface area contributed by atoms with E-state index in [-0.39, 0.29) is 18.1 Å². The molecular weight excluding hydrogens is 368 g/mol. The van der Waals surface area contributed by atoms with Crippen LogP contribution in [0.4, 0.5) is 0 Å². The minimum Gasteiger partial charge on any atom is -0.457 e. The van der Waals surface area contributed by atoms with Crippen LogP contribution in [0.1, 0.15) is 21.7 Å². The molecule has 2 heterocycles. The molecule has 0 atom stereocenters. The van der Waals surface area contributed by atoms with E-state index in [1.54, 1.807) is 6.20 Å². The highest BCUT2D eigenvalue weighted by Gasteiger charge is 2.19. The molecule has 7 heteroatoms. The summed E-state index contributed by atoms with van der Waals surface area (Å²) in [7, 11) is 0. The molecule has 1 aromatic carbocycles. The summed E-state index contributed by atoms with van der Waals surface area (Å²) < 4.78 is 7.08. The fourth-order valence-corrected chi connectivity index (χ4v) is 4.06. The van der Waals surface area contributed by atoms with Crippen LogP contribution >= 0.6 is 23.1 Å². The van der Waals surface area contributed by atoms with Gasteiger partial charge in [0.15, 0.2) is 11.7 Å². The first kappa shape index (κ1) is 18.4. The third-order valence-corrected chi connectivity index (χ3v) is 5.55. The van der Waals surface area contributed by atoms with Crippen LogP contribution in [-0.4, -0.2) is 33.7 Å². The number of nitrogens with zero attached hydrogens (tertiary/aromatic N) is 2. The van der Waals surface area contributed by atoms with Gasteiger partial charge in [-0.2, -0.15) is 0 Å². The first-order valence-corrected chi connectivity index (χ1v) is 9.88. The molecule has 5 nitrogen and oxygen atoms in total. The van der Waals surface area contributed by atoms with E-state index in [1.807, 2.05) is 60.2 Å². The van der Waals surface area contributed by atoms with Crippen molar-refractivity contribution in [3.63, 3.8) is 0 Å². The molecule has 26 heavy (non-hydrogen) atoms.